The van der Waals surface area contributed by atoms with E-state index < -0.39 is 168 Å². The summed E-state index contributed by atoms with van der Waals surface area (Å²) in [6.07, 6.45) is -0.945. The van der Waals surface area contributed by atoms with Gasteiger partial charge in [-0.1, -0.05) is 82.1 Å². The quantitative estimate of drug-likeness (QED) is 0.0314. The number of nitrogens with two attached hydrogens (primary N) is 3. The van der Waals surface area contributed by atoms with Crippen molar-refractivity contribution in [1.82, 2.24) is 42.5 Å². The molecule has 11 atom stereocenters. The van der Waals surface area contributed by atoms with E-state index in [4.69, 9.17) is 17.2 Å². The molecule has 0 heterocycles. The van der Waals surface area contributed by atoms with Crippen LogP contribution in [0.5, 0.6) is 0 Å². The van der Waals surface area contributed by atoms with Gasteiger partial charge in [0.05, 0.1) is 12.5 Å². The molecule has 0 fully saturated rings. The molecular weight excluding hydrogens is 971 g/mol. The van der Waals surface area contributed by atoms with E-state index in [0.29, 0.717) is 12.8 Å². The zero-order valence-corrected chi connectivity index (χ0v) is 44.5. The molecule has 0 radical (unpaired) electrons. The zero-order chi connectivity index (χ0) is 57.2. The van der Waals surface area contributed by atoms with Crippen molar-refractivity contribution in [1.29, 1.82) is 0 Å². The Kier molecular flexibility index (Phi) is 31.2. The average Bonchev–Trinajstić information content (AvgIpc) is 3.31. The number of aliphatic carboxylic acids is 3. The first kappa shape index (κ1) is 67.6. The largest absolute Gasteiger partial charge is 0.481 e. The molecule has 17 N–H and O–H groups in total. The summed E-state index contributed by atoms with van der Waals surface area (Å²) in [5.41, 5.74) is 16.7. The Morgan fingerprint density at radius 2 is 0.851 bits per heavy atom. The second-order valence-corrected chi connectivity index (χ2v) is 19.8. The highest BCUT2D eigenvalue weighted by Crippen LogP contribution is 2.16. The number of carbonyl (C=O) groups is 12. The number of hydrogen-bond donors (Lipinski definition) is 14. The number of carboxylic acid groups (broad SMARTS) is 3. The molecule has 0 spiro atoms. The summed E-state index contributed by atoms with van der Waals surface area (Å²) in [7, 11) is 0. The first-order chi connectivity index (χ1) is 34.4. The van der Waals surface area contributed by atoms with E-state index in [1.165, 1.54) is 0 Å². The predicted octanol–water partition coefficient (Wildman–Crippen LogP) is -1.54. The topological polar surface area (TPSA) is 440 Å². The molecular formula is C48H85N11O15. The van der Waals surface area contributed by atoms with E-state index >= 15 is 0 Å². The summed E-state index contributed by atoms with van der Waals surface area (Å²) in [6, 6.07) is -12.7. The van der Waals surface area contributed by atoms with Gasteiger partial charge >= 0.3 is 17.9 Å². The van der Waals surface area contributed by atoms with Crippen molar-refractivity contribution in [2.24, 2.45) is 46.8 Å². The van der Waals surface area contributed by atoms with Crippen LogP contribution in [0.2, 0.25) is 0 Å². The number of amides is 9. The molecule has 26 heteroatoms. The van der Waals surface area contributed by atoms with Gasteiger partial charge in [-0.15, -0.1) is 0 Å². The van der Waals surface area contributed by atoms with E-state index in [2.05, 4.69) is 42.5 Å². The number of carboxylic acids is 3. The molecule has 0 aliphatic heterocycles. The molecule has 26 nitrogen and oxygen atoms in total. The summed E-state index contributed by atoms with van der Waals surface area (Å²) in [5, 5.41) is 49.0. The Morgan fingerprint density at radius 1 is 0.446 bits per heavy atom. The monoisotopic (exact) mass is 1060 g/mol. The number of nitrogens with one attached hydrogen (secondary N) is 8. The van der Waals surface area contributed by atoms with Gasteiger partial charge in [-0.05, 0) is 74.7 Å². The normalized spacial score (nSPS) is 15.8. The van der Waals surface area contributed by atoms with Gasteiger partial charge in [0, 0.05) is 12.8 Å². The standard InChI is InChI=1S/C48H85N11O15/c1-11-26(9)38(46(71)53-30(17-19-34(61)62)41(66)52-29(15-13-14-20-49)42(67)57-37(25(7)8)48(73)74)59-47(72)39(27(10)12-2)58-44(69)32(22-35(63)64)55-45(70)36(24(5)6)56-43(68)31(21-23(3)4)54-40(65)28(50)16-18-33(51)60/h23-32,36-39H,11-22,49-50H2,1-10H3,(H2,51,60)(H,52,66)(H,53,71)(H,54,65)(H,55,70)(H,56,68)(H,57,67)(H,58,69)(H,59,72)(H,61,62)(H,63,64)(H,73,74)/t26-,27-,28-,29-,30-,31-,32-,36-,37-,38-,39-/m0/s1. The third-order valence-electron chi connectivity index (χ3n) is 12.3. The Labute approximate surface area is 433 Å². The van der Waals surface area contributed by atoms with Crippen LogP contribution in [-0.4, -0.2) is 147 Å². The fourth-order valence-electron chi connectivity index (χ4n) is 7.34. The Morgan fingerprint density at radius 3 is 1.31 bits per heavy atom. The van der Waals surface area contributed by atoms with Gasteiger partial charge in [0.2, 0.25) is 53.2 Å². The highest BCUT2D eigenvalue weighted by molar-refractivity contribution is 5.99. The number of unbranched alkanes of at least 4 members (excludes halogenated alkanes) is 1. The molecule has 0 aromatic rings. The molecule has 0 rings (SSSR count). The van der Waals surface area contributed by atoms with Gasteiger partial charge in [0.1, 0.15) is 48.3 Å². The fourth-order valence-corrected chi connectivity index (χ4v) is 7.34. The van der Waals surface area contributed by atoms with Gasteiger partial charge < -0.3 is 75.1 Å². The van der Waals surface area contributed by atoms with Gasteiger partial charge in [0.15, 0.2) is 0 Å². The summed E-state index contributed by atoms with van der Waals surface area (Å²) < 4.78 is 0. The average molecular weight is 1060 g/mol. The van der Waals surface area contributed by atoms with Gasteiger partial charge in [-0.3, -0.25) is 52.7 Å². The highest BCUT2D eigenvalue weighted by Gasteiger charge is 2.38. The molecule has 74 heavy (non-hydrogen) atoms. The van der Waals surface area contributed by atoms with Crippen molar-refractivity contribution in [2.45, 2.75) is 194 Å². The van der Waals surface area contributed by atoms with Gasteiger partial charge in [-0.2, -0.15) is 0 Å². The number of primary amides is 1. The first-order valence-corrected chi connectivity index (χ1v) is 25.3. The van der Waals surface area contributed by atoms with Crippen LogP contribution < -0.4 is 59.7 Å². The molecule has 0 saturated carbocycles. The minimum Gasteiger partial charge on any atom is -0.481 e. The maximum Gasteiger partial charge on any atom is 0.326 e. The second kappa shape index (κ2) is 34.1. The van der Waals surface area contributed by atoms with Gasteiger partial charge in [0.25, 0.3) is 0 Å². The first-order valence-electron chi connectivity index (χ1n) is 25.3. The maximum absolute atomic E-state index is 14.2. The molecule has 0 aromatic carbocycles. The molecule has 9 amide bonds. The van der Waals surface area contributed by atoms with E-state index in [1.807, 2.05) is 0 Å². The van der Waals surface area contributed by atoms with Crippen LogP contribution in [-0.2, 0) is 57.5 Å². The minimum atomic E-state index is -1.82. The molecule has 0 saturated heterocycles. The van der Waals surface area contributed by atoms with Crippen molar-refractivity contribution >= 4 is 71.1 Å². The highest BCUT2D eigenvalue weighted by atomic mass is 16.4. The van der Waals surface area contributed by atoms with E-state index in [0.717, 1.165) is 0 Å². The Hall–Kier alpha value is -6.44. The third kappa shape index (κ3) is 25.0. The minimum absolute atomic E-state index is 0.0112. The fraction of sp³-hybridized carbons (Fsp3) is 0.750. The van der Waals surface area contributed by atoms with Crippen molar-refractivity contribution in [3.05, 3.63) is 0 Å². The summed E-state index contributed by atoms with van der Waals surface area (Å²) in [5.74, 6) is -14.9. The number of carbonyl (C=O) groups excluding carboxylic acids is 9. The van der Waals surface area contributed by atoms with Crippen LogP contribution in [0.4, 0.5) is 0 Å². The van der Waals surface area contributed by atoms with Crippen molar-refractivity contribution in [3.63, 3.8) is 0 Å². The van der Waals surface area contributed by atoms with E-state index in [-0.39, 0.29) is 51.0 Å². The molecule has 0 aromatic heterocycles. The van der Waals surface area contributed by atoms with Crippen molar-refractivity contribution in [2.75, 3.05) is 6.54 Å². The van der Waals surface area contributed by atoms with E-state index in [1.54, 1.807) is 69.2 Å². The Balaban J connectivity index is 6.73. The van der Waals surface area contributed by atoms with Crippen LogP contribution >= 0.6 is 0 Å². The lowest BCUT2D eigenvalue weighted by molar-refractivity contribution is -0.143. The van der Waals surface area contributed by atoms with Gasteiger partial charge in [-0.25, -0.2) is 4.79 Å². The van der Waals surface area contributed by atoms with Crippen molar-refractivity contribution in [3.8, 4) is 0 Å². The number of hydrogen-bond acceptors (Lipinski definition) is 14. The smallest absolute Gasteiger partial charge is 0.326 e. The SMILES string of the molecule is CC[C@H](C)[C@H](NC(=O)[C@H](CC(=O)O)NC(=O)[C@@H](NC(=O)[C@H](CC(C)C)NC(=O)[C@@H](N)CCC(N)=O)C(C)C)C(=O)N[C@H](C(=O)N[C@@H](CCC(=O)O)C(=O)N[C@@H](CCCCN)C(=O)N[C@H](C(=O)O)C(C)C)[C@@H](C)CC. The number of rotatable bonds is 37. The molecule has 0 unspecified atom stereocenters. The summed E-state index contributed by atoms with van der Waals surface area (Å²) in [4.78, 5) is 157. The molecule has 422 valence electrons. The predicted molar refractivity (Wildman–Crippen MR) is 270 cm³/mol. The maximum atomic E-state index is 14.2. The molecule has 0 bridgehead atoms. The van der Waals surface area contributed by atoms with Crippen LogP contribution in [0, 0.1) is 29.6 Å². The summed E-state index contributed by atoms with van der Waals surface area (Å²) in [6.45, 7) is 16.6. The molecule has 0 aliphatic carbocycles. The van der Waals surface area contributed by atoms with Crippen LogP contribution in [0.25, 0.3) is 0 Å². The lowest BCUT2D eigenvalue weighted by atomic mass is 9.94. The second-order valence-electron chi connectivity index (χ2n) is 19.8. The van der Waals surface area contributed by atoms with Crippen LogP contribution in [0.15, 0.2) is 0 Å². The third-order valence-corrected chi connectivity index (χ3v) is 12.3. The van der Waals surface area contributed by atoms with Crippen LogP contribution in [0.1, 0.15) is 140 Å². The van der Waals surface area contributed by atoms with Crippen LogP contribution in [0.3, 0.4) is 0 Å². The lowest BCUT2D eigenvalue weighted by Crippen LogP contribution is -2.62. The Bertz CT molecular complexity index is 1930. The van der Waals surface area contributed by atoms with E-state index in [9.17, 15) is 72.9 Å². The molecule has 0 aliphatic rings. The lowest BCUT2D eigenvalue weighted by Gasteiger charge is -2.31. The van der Waals surface area contributed by atoms with Crippen molar-refractivity contribution < 1.29 is 72.9 Å². The zero-order valence-electron chi connectivity index (χ0n) is 44.5. The summed E-state index contributed by atoms with van der Waals surface area (Å²) >= 11 is 0.